The summed E-state index contributed by atoms with van der Waals surface area (Å²) < 4.78 is 1.89. The summed E-state index contributed by atoms with van der Waals surface area (Å²) in [5, 5.41) is 12.3. The second-order valence-corrected chi connectivity index (χ2v) is 9.08. The number of hydrazone groups is 1. The number of amides is 1. The number of nitrogens with two attached hydrogens (primary N) is 2. The molecule has 0 aliphatic carbocycles. The SMILES string of the molecule is Cc1cnc(C(=O)Nc2cccc(N(N)/C(=N\N)C(C)C)n2)cc1-c1cnn(C(C)(C)C)c1. The van der Waals surface area contributed by atoms with E-state index in [1.807, 2.05) is 31.6 Å². The average molecular weight is 450 g/mol. The molecule has 0 aliphatic rings. The van der Waals surface area contributed by atoms with Crippen molar-refractivity contribution >= 4 is 23.4 Å². The van der Waals surface area contributed by atoms with Crippen molar-refractivity contribution in [2.75, 3.05) is 10.3 Å². The smallest absolute Gasteiger partial charge is 0.275 e. The fourth-order valence-corrected chi connectivity index (χ4v) is 3.20. The Morgan fingerprint density at radius 1 is 1.24 bits per heavy atom. The monoisotopic (exact) mass is 449 g/mol. The minimum atomic E-state index is -0.385. The van der Waals surface area contributed by atoms with Crippen molar-refractivity contribution in [3.63, 3.8) is 0 Å². The topological polar surface area (TPSA) is 140 Å². The molecule has 0 radical (unpaired) electrons. The van der Waals surface area contributed by atoms with Gasteiger partial charge in [-0.05, 0) is 57.0 Å². The second-order valence-electron chi connectivity index (χ2n) is 9.08. The first-order chi connectivity index (χ1) is 15.5. The predicted octanol–water partition coefficient (Wildman–Crippen LogP) is 3.26. The maximum absolute atomic E-state index is 12.9. The Bertz CT molecular complexity index is 1170. The van der Waals surface area contributed by atoms with E-state index in [0.717, 1.165) is 16.7 Å². The summed E-state index contributed by atoms with van der Waals surface area (Å²) in [5.74, 6) is 12.4. The maximum Gasteiger partial charge on any atom is 0.275 e. The van der Waals surface area contributed by atoms with Gasteiger partial charge in [-0.1, -0.05) is 19.9 Å². The number of pyridine rings is 2. The summed E-state index contributed by atoms with van der Waals surface area (Å²) >= 11 is 0. The van der Waals surface area contributed by atoms with Gasteiger partial charge >= 0.3 is 0 Å². The van der Waals surface area contributed by atoms with E-state index in [0.29, 0.717) is 17.5 Å². The molecule has 0 aromatic carbocycles. The van der Waals surface area contributed by atoms with Crippen LogP contribution in [0.4, 0.5) is 11.6 Å². The van der Waals surface area contributed by atoms with Crippen LogP contribution in [-0.4, -0.2) is 31.5 Å². The lowest BCUT2D eigenvalue weighted by molar-refractivity contribution is 0.102. The van der Waals surface area contributed by atoms with Crippen LogP contribution in [-0.2, 0) is 5.54 Å². The first-order valence-electron chi connectivity index (χ1n) is 10.6. The van der Waals surface area contributed by atoms with Gasteiger partial charge in [0.05, 0.1) is 11.7 Å². The van der Waals surface area contributed by atoms with E-state index in [1.165, 1.54) is 5.01 Å². The highest BCUT2D eigenvalue weighted by atomic mass is 16.1. The van der Waals surface area contributed by atoms with E-state index in [1.54, 1.807) is 36.7 Å². The van der Waals surface area contributed by atoms with Crippen molar-refractivity contribution in [2.45, 2.75) is 47.1 Å². The first kappa shape index (κ1) is 23.9. The van der Waals surface area contributed by atoms with Crippen molar-refractivity contribution in [3.05, 3.63) is 54.1 Å². The number of carbonyl (C=O) groups is 1. The summed E-state index contributed by atoms with van der Waals surface area (Å²) in [7, 11) is 0. The van der Waals surface area contributed by atoms with Crippen LogP contribution in [0.3, 0.4) is 0 Å². The zero-order valence-corrected chi connectivity index (χ0v) is 19.9. The van der Waals surface area contributed by atoms with Crippen LogP contribution in [0.5, 0.6) is 0 Å². The number of aromatic nitrogens is 4. The van der Waals surface area contributed by atoms with E-state index in [-0.39, 0.29) is 23.1 Å². The molecule has 174 valence electrons. The Kier molecular flexibility index (Phi) is 6.78. The molecule has 3 rings (SSSR count). The maximum atomic E-state index is 12.9. The van der Waals surface area contributed by atoms with Crippen LogP contribution in [0.2, 0.25) is 0 Å². The van der Waals surface area contributed by atoms with Gasteiger partial charge in [0.1, 0.15) is 17.3 Å². The van der Waals surface area contributed by atoms with Gasteiger partial charge < -0.3 is 11.2 Å². The highest BCUT2D eigenvalue weighted by Crippen LogP contribution is 2.26. The van der Waals surface area contributed by atoms with Gasteiger partial charge in [-0.3, -0.25) is 14.5 Å². The molecule has 0 fully saturated rings. The minimum Gasteiger partial charge on any atom is -0.322 e. The third kappa shape index (κ3) is 5.35. The molecular weight excluding hydrogens is 418 g/mol. The number of hydrogen-bond donors (Lipinski definition) is 3. The molecule has 0 saturated heterocycles. The predicted molar refractivity (Wildman–Crippen MR) is 131 cm³/mol. The first-order valence-corrected chi connectivity index (χ1v) is 10.6. The summed E-state index contributed by atoms with van der Waals surface area (Å²) in [5.41, 5.74) is 2.88. The molecule has 0 spiro atoms. The lowest BCUT2D eigenvalue weighted by Gasteiger charge is -2.21. The quantitative estimate of drug-likeness (QED) is 0.235. The summed E-state index contributed by atoms with van der Waals surface area (Å²) in [4.78, 5) is 21.6. The highest BCUT2D eigenvalue weighted by molar-refractivity contribution is 6.03. The fraction of sp³-hybridized carbons (Fsp3) is 0.348. The molecule has 0 unspecified atom stereocenters. The molecule has 0 atom stereocenters. The van der Waals surface area contributed by atoms with E-state index < -0.39 is 0 Å². The van der Waals surface area contributed by atoms with Gasteiger partial charge in [-0.25, -0.2) is 15.8 Å². The molecule has 10 heteroatoms. The van der Waals surface area contributed by atoms with E-state index in [2.05, 4.69) is 46.3 Å². The highest BCUT2D eigenvalue weighted by Gasteiger charge is 2.18. The van der Waals surface area contributed by atoms with Crippen molar-refractivity contribution in [1.82, 2.24) is 19.7 Å². The lowest BCUT2D eigenvalue weighted by Crippen LogP contribution is -2.41. The molecule has 1 amide bonds. The average Bonchev–Trinajstić information content (AvgIpc) is 3.25. The number of aryl methyl sites for hydroxylation is 1. The lowest BCUT2D eigenvalue weighted by atomic mass is 10.0. The summed E-state index contributed by atoms with van der Waals surface area (Å²) in [6.45, 7) is 12.0. The Hall–Kier alpha value is -3.79. The standard InChI is InChI=1S/C23H31N9O/c1-14(2)21(30-24)32(25)20-9-7-8-19(28-20)29-22(33)18-10-17(15(3)11-26-18)16-12-27-31(13-16)23(4,5)6/h7-14H,24-25H2,1-6H3,(H,28,29,33)/b30-21-. The number of hydrazine groups is 1. The molecule has 10 nitrogen and oxygen atoms in total. The molecule has 3 heterocycles. The zero-order chi connectivity index (χ0) is 24.3. The van der Waals surface area contributed by atoms with Crippen LogP contribution in [0.1, 0.15) is 50.7 Å². The number of nitrogens with zero attached hydrogens (tertiary/aromatic N) is 6. The van der Waals surface area contributed by atoms with Gasteiger partial charge in [-0.15, -0.1) is 0 Å². The molecular formula is C23H31N9O. The second kappa shape index (κ2) is 9.37. The normalized spacial score (nSPS) is 12.2. The number of rotatable bonds is 5. The van der Waals surface area contributed by atoms with Crippen molar-refractivity contribution < 1.29 is 4.79 Å². The van der Waals surface area contributed by atoms with Gasteiger partial charge in [0.25, 0.3) is 5.91 Å². The number of anilines is 2. The molecule has 0 aliphatic heterocycles. The number of carbonyl (C=O) groups excluding carboxylic acids is 1. The molecule has 0 saturated carbocycles. The Labute approximate surface area is 193 Å². The van der Waals surface area contributed by atoms with Crippen LogP contribution in [0.25, 0.3) is 11.1 Å². The van der Waals surface area contributed by atoms with E-state index >= 15 is 0 Å². The van der Waals surface area contributed by atoms with Crippen LogP contribution >= 0.6 is 0 Å². The van der Waals surface area contributed by atoms with Gasteiger partial charge in [0.2, 0.25) is 0 Å². The number of hydrogen-bond acceptors (Lipinski definition) is 7. The van der Waals surface area contributed by atoms with Crippen molar-refractivity contribution in [1.29, 1.82) is 0 Å². The molecule has 3 aromatic heterocycles. The number of amidine groups is 1. The van der Waals surface area contributed by atoms with E-state index in [9.17, 15) is 4.79 Å². The van der Waals surface area contributed by atoms with Gasteiger partial charge in [0, 0.05) is 23.9 Å². The third-order valence-corrected chi connectivity index (χ3v) is 5.04. The van der Waals surface area contributed by atoms with Crippen LogP contribution in [0, 0.1) is 12.8 Å². The Morgan fingerprint density at radius 2 is 1.97 bits per heavy atom. The fourth-order valence-electron chi connectivity index (χ4n) is 3.20. The van der Waals surface area contributed by atoms with Crippen molar-refractivity contribution in [2.24, 2.45) is 22.7 Å². The zero-order valence-electron chi connectivity index (χ0n) is 19.9. The van der Waals surface area contributed by atoms with Gasteiger partial charge in [0.15, 0.2) is 5.82 Å². The molecule has 3 aromatic rings. The van der Waals surface area contributed by atoms with Crippen molar-refractivity contribution in [3.8, 4) is 11.1 Å². The third-order valence-electron chi connectivity index (χ3n) is 5.04. The molecule has 5 N–H and O–H groups in total. The summed E-state index contributed by atoms with van der Waals surface area (Å²) in [6, 6.07) is 6.87. The van der Waals surface area contributed by atoms with E-state index in [4.69, 9.17) is 11.7 Å². The largest absolute Gasteiger partial charge is 0.322 e. The van der Waals surface area contributed by atoms with Gasteiger partial charge in [-0.2, -0.15) is 10.2 Å². The minimum absolute atomic E-state index is 0.00198. The molecule has 0 bridgehead atoms. The Morgan fingerprint density at radius 3 is 2.58 bits per heavy atom. The number of nitrogens with one attached hydrogen (secondary N) is 1. The Balaban J connectivity index is 1.84. The summed E-state index contributed by atoms with van der Waals surface area (Å²) in [6.07, 6.45) is 5.44. The molecule has 33 heavy (non-hydrogen) atoms. The van der Waals surface area contributed by atoms with Crippen LogP contribution in [0.15, 0.2) is 48.0 Å². The van der Waals surface area contributed by atoms with Crippen LogP contribution < -0.4 is 22.0 Å².